The highest BCUT2D eigenvalue weighted by atomic mass is 32.2. The number of anilines is 1. The normalized spacial score (nSPS) is 26.0. The zero-order valence-electron chi connectivity index (χ0n) is 17.5. The maximum absolute atomic E-state index is 15.2. The monoisotopic (exact) mass is 509 g/mol. The maximum Gasteiger partial charge on any atom is 0.420 e. The van der Waals surface area contributed by atoms with Gasteiger partial charge in [0.05, 0.1) is 16.1 Å². The van der Waals surface area contributed by atoms with Crippen LogP contribution in [0.25, 0.3) is 0 Å². The standard InChI is InChI=1S/C20H23F8NO3S/c1-18(22,23)5-2-11-10-29(12-3-6-19(24,25)7-4-12)14-8-13(20(26,27)28)15(30)9-16(14)33(31,32)17(11)21/h8-9,11-12,17,30H,2-7,10H2,1H3/t11-,17-/m1/s1. The number of hydrogen-bond acceptors (Lipinski definition) is 4. The van der Waals surface area contributed by atoms with Gasteiger partial charge < -0.3 is 10.0 Å². The molecule has 1 N–H and O–H groups in total. The number of phenolic OH excluding ortho intramolecular Hbond substituents is 1. The van der Waals surface area contributed by atoms with Gasteiger partial charge in [0.25, 0.3) is 0 Å². The van der Waals surface area contributed by atoms with E-state index in [1.165, 1.54) is 0 Å². The number of hydrogen-bond donors (Lipinski definition) is 1. The van der Waals surface area contributed by atoms with Gasteiger partial charge in [0.15, 0.2) is 0 Å². The van der Waals surface area contributed by atoms with Crippen LogP contribution in [0.15, 0.2) is 17.0 Å². The Morgan fingerprint density at radius 2 is 1.70 bits per heavy atom. The molecule has 1 aliphatic carbocycles. The lowest BCUT2D eigenvalue weighted by atomic mass is 9.89. The Bertz CT molecular complexity index is 980. The number of rotatable bonds is 4. The SMILES string of the molecule is CC(F)(F)CC[C@@H]1CN(C2CCC(F)(F)CC2)c2cc(C(F)(F)F)c(O)cc2S(=O)(=O)[C@H]1F. The average molecular weight is 509 g/mol. The van der Waals surface area contributed by atoms with Gasteiger partial charge in [-0.25, -0.2) is 30.4 Å². The van der Waals surface area contributed by atoms with Crippen molar-refractivity contribution in [2.24, 2.45) is 5.92 Å². The quantitative estimate of drug-likeness (QED) is 0.512. The van der Waals surface area contributed by atoms with Crippen LogP contribution in [0, 0.1) is 5.92 Å². The van der Waals surface area contributed by atoms with Gasteiger partial charge in [-0.15, -0.1) is 0 Å². The molecule has 188 valence electrons. The third kappa shape index (κ3) is 5.48. The van der Waals surface area contributed by atoms with Gasteiger partial charge in [0, 0.05) is 43.8 Å². The van der Waals surface area contributed by atoms with Crippen molar-refractivity contribution in [3.8, 4) is 5.75 Å². The molecule has 0 spiro atoms. The van der Waals surface area contributed by atoms with Crippen molar-refractivity contribution in [2.45, 2.75) is 79.9 Å². The predicted octanol–water partition coefficient (Wildman–Crippen LogP) is 5.93. The maximum atomic E-state index is 15.2. The number of benzene rings is 1. The first-order valence-corrected chi connectivity index (χ1v) is 11.8. The van der Waals surface area contributed by atoms with Crippen LogP contribution < -0.4 is 4.90 Å². The number of phenols is 1. The molecule has 1 fully saturated rings. The lowest BCUT2D eigenvalue weighted by Gasteiger charge is -2.39. The summed E-state index contributed by atoms with van der Waals surface area (Å²) >= 11 is 0. The third-order valence-corrected chi connectivity index (χ3v) is 8.10. The molecular weight excluding hydrogens is 486 g/mol. The van der Waals surface area contributed by atoms with E-state index >= 15 is 4.39 Å². The van der Waals surface area contributed by atoms with Gasteiger partial charge in [-0.1, -0.05) is 0 Å². The Hall–Kier alpha value is -1.79. The van der Waals surface area contributed by atoms with E-state index in [2.05, 4.69) is 0 Å². The van der Waals surface area contributed by atoms with Gasteiger partial charge >= 0.3 is 6.18 Å². The van der Waals surface area contributed by atoms with Gasteiger partial charge in [0.1, 0.15) is 5.75 Å². The minimum atomic E-state index is -5.08. The van der Waals surface area contributed by atoms with Crippen LogP contribution in [-0.4, -0.2) is 43.5 Å². The molecule has 1 saturated carbocycles. The predicted molar refractivity (Wildman–Crippen MR) is 103 cm³/mol. The summed E-state index contributed by atoms with van der Waals surface area (Å²) in [6.45, 7) is 0.0105. The second-order valence-electron chi connectivity index (χ2n) is 8.84. The fraction of sp³-hybridized carbons (Fsp3) is 0.700. The second-order valence-corrected chi connectivity index (χ2v) is 10.8. The second kappa shape index (κ2) is 8.46. The van der Waals surface area contributed by atoms with Crippen LogP contribution in [0.3, 0.4) is 0 Å². The van der Waals surface area contributed by atoms with E-state index < -0.39 is 99.4 Å². The van der Waals surface area contributed by atoms with Crippen molar-refractivity contribution in [1.29, 1.82) is 0 Å². The van der Waals surface area contributed by atoms with Crippen LogP contribution in [0.5, 0.6) is 5.75 Å². The largest absolute Gasteiger partial charge is 0.507 e. The van der Waals surface area contributed by atoms with Crippen molar-refractivity contribution in [3.05, 3.63) is 17.7 Å². The molecule has 0 unspecified atom stereocenters. The van der Waals surface area contributed by atoms with Gasteiger partial charge in [-0.2, -0.15) is 13.2 Å². The number of fused-ring (bicyclic) bond motifs is 1. The number of sulfone groups is 1. The smallest absolute Gasteiger partial charge is 0.420 e. The molecule has 0 bridgehead atoms. The Morgan fingerprint density at radius 1 is 1.12 bits per heavy atom. The van der Waals surface area contributed by atoms with Crippen molar-refractivity contribution in [1.82, 2.24) is 0 Å². The number of aromatic hydroxyl groups is 1. The Labute approximate surface area is 185 Å². The molecule has 0 amide bonds. The lowest BCUT2D eigenvalue weighted by Crippen LogP contribution is -2.44. The van der Waals surface area contributed by atoms with Crippen molar-refractivity contribution < 1.29 is 48.6 Å². The molecule has 2 aliphatic rings. The topological polar surface area (TPSA) is 57.6 Å². The van der Waals surface area contributed by atoms with E-state index in [4.69, 9.17) is 0 Å². The molecule has 0 radical (unpaired) electrons. The highest BCUT2D eigenvalue weighted by Crippen LogP contribution is 2.47. The molecule has 13 heteroatoms. The van der Waals surface area contributed by atoms with Gasteiger partial charge in [-0.05, 0) is 32.3 Å². The van der Waals surface area contributed by atoms with E-state index in [9.17, 15) is 44.3 Å². The molecule has 0 saturated heterocycles. The zero-order chi connectivity index (χ0) is 25.0. The average Bonchev–Trinajstić information content (AvgIpc) is 2.73. The van der Waals surface area contributed by atoms with Crippen LogP contribution in [0.4, 0.5) is 40.8 Å². The molecule has 1 aromatic rings. The van der Waals surface area contributed by atoms with Gasteiger partial charge in [0.2, 0.25) is 27.2 Å². The Morgan fingerprint density at radius 3 is 2.21 bits per heavy atom. The third-order valence-electron chi connectivity index (χ3n) is 6.18. The van der Waals surface area contributed by atoms with E-state index in [0.717, 1.165) is 4.90 Å². The first kappa shape index (κ1) is 25.8. The Kier molecular flexibility index (Phi) is 6.62. The van der Waals surface area contributed by atoms with Crippen molar-refractivity contribution >= 4 is 15.5 Å². The van der Waals surface area contributed by atoms with Crippen LogP contribution in [0.1, 0.15) is 51.0 Å². The summed E-state index contributed by atoms with van der Waals surface area (Å²) in [5.41, 5.74) is -4.88. The number of halogens is 8. The fourth-order valence-corrected chi connectivity index (χ4v) is 6.10. The first-order valence-electron chi connectivity index (χ1n) is 10.3. The molecule has 1 aromatic carbocycles. The van der Waals surface area contributed by atoms with Gasteiger partial charge in [-0.3, -0.25) is 0 Å². The fourth-order valence-electron chi connectivity index (χ4n) is 4.39. The summed E-state index contributed by atoms with van der Waals surface area (Å²) in [6.07, 6.45) is -8.23. The number of alkyl halides is 8. The molecule has 1 heterocycles. The molecule has 0 aromatic heterocycles. The summed E-state index contributed by atoms with van der Waals surface area (Å²) in [7, 11) is -4.98. The van der Waals surface area contributed by atoms with Crippen molar-refractivity contribution in [3.63, 3.8) is 0 Å². The molecule has 1 aliphatic heterocycles. The minimum Gasteiger partial charge on any atom is -0.507 e. The first-order chi connectivity index (χ1) is 14.9. The summed E-state index contributed by atoms with van der Waals surface area (Å²) in [4.78, 5) is 0.179. The summed E-state index contributed by atoms with van der Waals surface area (Å²) < 4.78 is 135. The van der Waals surface area contributed by atoms with E-state index in [1.807, 2.05) is 0 Å². The summed E-state index contributed by atoms with van der Waals surface area (Å²) in [5, 5.41) is 9.83. The van der Waals surface area contributed by atoms with Crippen LogP contribution in [-0.2, 0) is 16.0 Å². The van der Waals surface area contributed by atoms with Crippen LogP contribution in [0.2, 0.25) is 0 Å². The molecule has 4 nitrogen and oxygen atoms in total. The lowest BCUT2D eigenvalue weighted by molar-refractivity contribution is -0.138. The van der Waals surface area contributed by atoms with E-state index in [0.29, 0.717) is 19.1 Å². The molecule has 3 rings (SSSR count). The minimum absolute atomic E-state index is 0.220. The highest BCUT2D eigenvalue weighted by molar-refractivity contribution is 7.92. The molecule has 33 heavy (non-hydrogen) atoms. The Balaban J connectivity index is 2.14. The van der Waals surface area contributed by atoms with E-state index in [-0.39, 0.29) is 12.8 Å². The van der Waals surface area contributed by atoms with E-state index in [1.54, 1.807) is 0 Å². The summed E-state index contributed by atoms with van der Waals surface area (Å²) in [6, 6.07) is -0.209. The number of nitrogens with zero attached hydrogens (tertiary/aromatic N) is 1. The van der Waals surface area contributed by atoms with Crippen LogP contribution >= 0.6 is 0 Å². The highest BCUT2D eigenvalue weighted by Gasteiger charge is 2.47. The molecular formula is C20H23F8NO3S. The summed E-state index contributed by atoms with van der Waals surface area (Å²) in [5.74, 6) is -9.24. The van der Waals surface area contributed by atoms with Crippen molar-refractivity contribution in [2.75, 3.05) is 11.4 Å². The zero-order valence-corrected chi connectivity index (χ0v) is 18.3. The molecule has 2 atom stereocenters.